The van der Waals surface area contributed by atoms with Crippen molar-refractivity contribution >= 4 is 0 Å². The molecule has 17 heavy (non-hydrogen) atoms. The number of hydrogen-bond acceptors (Lipinski definition) is 2. The van der Waals surface area contributed by atoms with E-state index in [1.807, 2.05) is 6.92 Å². The lowest BCUT2D eigenvalue weighted by Crippen LogP contribution is -2.17. The van der Waals surface area contributed by atoms with Gasteiger partial charge in [-0.15, -0.1) is 0 Å². The molecule has 2 unspecified atom stereocenters. The van der Waals surface area contributed by atoms with Gasteiger partial charge < -0.3 is 9.84 Å². The van der Waals surface area contributed by atoms with Crippen molar-refractivity contribution < 1.29 is 9.84 Å². The third-order valence-corrected chi connectivity index (χ3v) is 3.51. The van der Waals surface area contributed by atoms with E-state index >= 15 is 0 Å². The molecule has 0 aliphatic carbocycles. The van der Waals surface area contributed by atoms with Crippen molar-refractivity contribution in [1.29, 1.82) is 0 Å². The molecule has 2 nitrogen and oxygen atoms in total. The van der Waals surface area contributed by atoms with Crippen LogP contribution in [0.25, 0.3) is 0 Å². The van der Waals surface area contributed by atoms with E-state index in [1.165, 1.54) is 5.56 Å². The lowest BCUT2D eigenvalue weighted by atomic mass is 9.84. The SMILES string of the molecule is CCC1Oc2c(C)cc(C(C)(C)C)cc2C1O. The maximum absolute atomic E-state index is 10.2. The Kier molecular flexibility index (Phi) is 2.94. The highest BCUT2D eigenvalue weighted by molar-refractivity contribution is 5.49. The van der Waals surface area contributed by atoms with E-state index in [4.69, 9.17) is 4.74 Å². The zero-order chi connectivity index (χ0) is 12.8. The molecule has 0 radical (unpaired) electrons. The van der Waals surface area contributed by atoms with Gasteiger partial charge in [0, 0.05) is 5.56 Å². The minimum absolute atomic E-state index is 0.0843. The summed E-state index contributed by atoms with van der Waals surface area (Å²) < 4.78 is 5.82. The zero-order valence-corrected chi connectivity index (χ0v) is 11.4. The van der Waals surface area contributed by atoms with E-state index in [1.54, 1.807) is 0 Å². The second-order valence-electron chi connectivity index (χ2n) is 5.97. The van der Waals surface area contributed by atoms with E-state index in [2.05, 4.69) is 39.8 Å². The minimum atomic E-state index is -0.476. The van der Waals surface area contributed by atoms with E-state index in [0.717, 1.165) is 23.3 Å². The molecular formula is C15H22O2. The molecule has 2 atom stereocenters. The van der Waals surface area contributed by atoms with Gasteiger partial charge in [-0.25, -0.2) is 0 Å². The number of aryl methyl sites for hydroxylation is 1. The van der Waals surface area contributed by atoms with Crippen molar-refractivity contribution in [3.63, 3.8) is 0 Å². The van der Waals surface area contributed by atoms with Gasteiger partial charge in [0.1, 0.15) is 18.0 Å². The van der Waals surface area contributed by atoms with Crippen LogP contribution in [0.2, 0.25) is 0 Å². The maximum atomic E-state index is 10.2. The van der Waals surface area contributed by atoms with E-state index in [-0.39, 0.29) is 11.5 Å². The highest BCUT2D eigenvalue weighted by Crippen LogP contribution is 2.42. The van der Waals surface area contributed by atoms with Gasteiger partial charge in [-0.1, -0.05) is 33.8 Å². The Morgan fingerprint density at radius 1 is 1.29 bits per heavy atom. The smallest absolute Gasteiger partial charge is 0.129 e. The molecule has 0 saturated heterocycles. The molecule has 1 aliphatic heterocycles. The molecule has 0 amide bonds. The Bertz CT molecular complexity index is 429. The number of aliphatic hydroxyl groups excluding tert-OH is 1. The zero-order valence-electron chi connectivity index (χ0n) is 11.4. The Hall–Kier alpha value is -1.02. The quantitative estimate of drug-likeness (QED) is 0.806. The van der Waals surface area contributed by atoms with Crippen molar-refractivity contribution in [2.45, 2.75) is 58.7 Å². The van der Waals surface area contributed by atoms with Gasteiger partial charge >= 0.3 is 0 Å². The molecule has 0 spiro atoms. The summed E-state index contributed by atoms with van der Waals surface area (Å²) in [6.45, 7) is 10.7. The number of fused-ring (bicyclic) bond motifs is 1. The van der Waals surface area contributed by atoms with Crippen molar-refractivity contribution in [2.24, 2.45) is 0 Å². The second kappa shape index (κ2) is 4.02. The third-order valence-electron chi connectivity index (χ3n) is 3.51. The van der Waals surface area contributed by atoms with Gasteiger partial charge in [0.15, 0.2) is 0 Å². The number of rotatable bonds is 1. The van der Waals surface area contributed by atoms with E-state index in [9.17, 15) is 5.11 Å². The predicted octanol–water partition coefficient (Wildman–Crippen LogP) is 3.50. The third kappa shape index (κ3) is 2.06. The predicted molar refractivity (Wildman–Crippen MR) is 69.5 cm³/mol. The molecule has 0 saturated carbocycles. The highest BCUT2D eigenvalue weighted by Gasteiger charge is 2.33. The Morgan fingerprint density at radius 3 is 2.47 bits per heavy atom. The first-order valence-corrected chi connectivity index (χ1v) is 6.34. The molecule has 2 heteroatoms. The van der Waals surface area contributed by atoms with Crippen LogP contribution < -0.4 is 4.74 Å². The van der Waals surface area contributed by atoms with Crippen molar-refractivity contribution in [2.75, 3.05) is 0 Å². The Morgan fingerprint density at radius 2 is 1.94 bits per heavy atom. The lowest BCUT2D eigenvalue weighted by Gasteiger charge is -2.21. The first-order valence-electron chi connectivity index (χ1n) is 6.34. The fourth-order valence-electron chi connectivity index (χ4n) is 2.34. The summed E-state index contributed by atoms with van der Waals surface area (Å²) >= 11 is 0. The fourth-order valence-corrected chi connectivity index (χ4v) is 2.34. The Labute approximate surface area is 104 Å². The molecule has 2 rings (SSSR count). The minimum Gasteiger partial charge on any atom is -0.487 e. The topological polar surface area (TPSA) is 29.5 Å². The van der Waals surface area contributed by atoms with Crippen LogP contribution in [0.15, 0.2) is 12.1 Å². The van der Waals surface area contributed by atoms with Gasteiger partial charge in [0.05, 0.1) is 0 Å². The van der Waals surface area contributed by atoms with Crippen LogP contribution in [-0.2, 0) is 5.41 Å². The van der Waals surface area contributed by atoms with Gasteiger partial charge in [0.25, 0.3) is 0 Å². The number of hydrogen-bond donors (Lipinski definition) is 1. The summed E-state index contributed by atoms with van der Waals surface area (Å²) in [5.74, 6) is 0.886. The maximum Gasteiger partial charge on any atom is 0.129 e. The van der Waals surface area contributed by atoms with Gasteiger partial charge in [-0.05, 0) is 36.0 Å². The van der Waals surface area contributed by atoms with Gasteiger partial charge in [0.2, 0.25) is 0 Å². The average Bonchev–Trinajstić information content (AvgIpc) is 2.55. The summed E-state index contributed by atoms with van der Waals surface area (Å²) in [6.07, 6.45) is 0.273. The number of ether oxygens (including phenoxy) is 1. The number of benzene rings is 1. The van der Waals surface area contributed by atoms with Crippen LogP contribution in [0, 0.1) is 6.92 Å². The molecule has 0 aromatic heterocycles. The van der Waals surface area contributed by atoms with Crippen molar-refractivity contribution in [3.05, 3.63) is 28.8 Å². The van der Waals surface area contributed by atoms with Crippen LogP contribution in [0.3, 0.4) is 0 Å². The second-order valence-corrected chi connectivity index (χ2v) is 5.97. The van der Waals surface area contributed by atoms with E-state index < -0.39 is 6.10 Å². The van der Waals surface area contributed by atoms with E-state index in [0.29, 0.717) is 0 Å². The van der Waals surface area contributed by atoms with Crippen LogP contribution in [0.4, 0.5) is 0 Å². The molecule has 94 valence electrons. The molecule has 0 fully saturated rings. The Balaban J connectivity index is 2.50. The summed E-state index contributed by atoms with van der Waals surface area (Å²) in [7, 11) is 0. The van der Waals surface area contributed by atoms with Crippen molar-refractivity contribution in [1.82, 2.24) is 0 Å². The van der Waals surface area contributed by atoms with Crippen LogP contribution >= 0.6 is 0 Å². The standard InChI is InChI=1S/C15H22O2/c1-6-12-13(16)11-8-10(15(3,4)5)7-9(2)14(11)17-12/h7-8,12-13,16H,6H2,1-5H3. The summed E-state index contributed by atoms with van der Waals surface area (Å²) in [4.78, 5) is 0. The van der Waals surface area contributed by atoms with Gasteiger partial charge in [-0.3, -0.25) is 0 Å². The summed E-state index contributed by atoms with van der Waals surface area (Å²) in [5.41, 5.74) is 3.45. The largest absolute Gasteiger partial charge is 0.487 e. The molecular weight excluding hydrogens is 212 g/mol. The first kappa shape index (κ1) is 12.4. The van der Waals surface area contributed by atoms with Crippen LogP contribution in [-0.4, -0.2) is 11.2 Å². The molecule has 1 aliphatic rings. The summed E-state index contributed by atoms with van der Waals surface area (Å²) in [5, 5.41) is 10.2. The number of aliphatic hydroxyl groups is 1. The molecule has 1 aromatic carbocycles. The van der Waals surface area contributed by atoms with Crippen LogP contribution in [0.1, 0.15) is 56.9 Å². The molecule has 0 bridgehead atoms. The average molecular weight is 234 g/mol. The summed E-state index contributed by atoms with van der Waals surface area (Å²) in [6, 6.07) is 4.27. The molecule has 1 heterocycles. The van der Waals surface area contributed by atoms with Crippen molar-refractivity contribution in [3.8, 4) is 5.75 Å². The highest BCUT2D eigenvalue weighted by atomic mass is 16.5. The monoisotopic (exact) mass is 234 g/mol. The van der Waals surface area contributed by atoms with Gasteiger partial charge in [-0.2, -0.15) is 0 Å². The normalized spacial score (nSPS) is 23.4. The molecule has 1 aromatic rings. The van der Waals surface area contributed by atoms with Crippen LogP contribution in [0.5, 0.6) is 5.75 Å². The first-order chi connectivity index (χ1) is 7.84. The fraction of sp³-hybridized carbons (Fsp3) is 0.600. The lowest BCUT2D eigenvalue weighted by molar-refractivity contribution is 0.0651. The molecule has 1 N–H and O–H groups in total.